The Labute approximate surface area is 204 Å². The third-order valence-corrected chi connectivity index (χ3v) is 5.85. The van der Waals surface area contributed by atoms with Crippen molar-refractivity contribution < 1.29 is 28.9 Å². The largest absolute Gasteiger partial charge is 0.507 e. The van der Waals surface area contributed by atoms with Gasteiger partial charge in [-0.2, -0.15) is 0 Å². The van der Waals surface area contributed by atoms with Crippen LogP contribution in [0.1, 0.15) is 24.1 Å². The maximum absolute atomic E-state index is 13.2. The van der Waals surface area contributed by atoms with Crippen LogP contribution in [0.5, 0.6) is 17.2 Å². The molecule has 8 nitrogen and oxygen atoms in total. The normalized spacial score (nSPS) is 17.4. The highest BCUT2D eigenvalue weighted by Gasteiger charge is 2.46. The monoisotopic (exact) mass is 488 g/mol. The topological polar surface area (TPSA) is 88.5 Å². The Hall–Kier alpha value is -3.23. The van der Waals surface area contributed by atoms with Gasteiger partial charge in [-0.25, -0.2) is 0 Å². The average Bonchev–Trinajstić information content (AvgIpc) is 3.07. The summed E-state index contributed by atoms with van der Waals surface area (Å²) in [6.07, 6.45) is 0. The summed E-state index contributed by atoms with van der Waals surface area (Å²) < 4.78 is 16.2. The lowest BCUT2D eigenvalue weighted by atomic mass is 9.95. The van der Waals surface area contributed by atoms with E-state index in [9.17, 15) is 14.7 Å². The number of rotatable bonds is 9. The zero-order valence-electron chi connectivity index (χ0n) is 19.9. The molecular weight excluding hydrogens is 460 g/mol. The summed E-state index contributed by atoms with van der Waals surface area (Å²) in [5.41, 5.74) is 0.898. The maximum Gasteiger partial charge on any atom is 0.295 e. The molecule has 2 aromatic rings. The van der Waals surface area contributed by atoms with Crippen molar-refractivity contribution in [3.05, 3.63) is 58.1 Å². The second-order valence-corrected chi connectivity index (χ2v) is 8.40. The van der Waals surface area contributed by atoms with E-state index in [-0.39, 0.29) is 22.9 Å². The molecule has 1 amide bonds. The molecule has 182 valence electrons. The fraction of sp³-hybridized carbons (Fsp3) is 0.360. The van der Waals surface area contributed by atoms with Crippen LogP contribution in [0, 0.1) is 0 Å². The summed E-state index contributed by atoms with van der Waals surface area (Å²) in [5, 5.41) is 11.5. The predicted molar refractivity (Wildman–Crippen MR) is 130 cm³/mol. The molecular formula is C25H29ClN2O6. The molecule has 0 spiro atoms. The summed E-state index contributed by atoms with van der Waals surface area (Å²) in [4.78, 5) is 29.6. The second-order valence-electron chi connectivity index (χ2n) is 7.99. The minimum absolute atomic E-state index is 0.0174. The molecule has 1 heterocycles. The van der Waals surface area contributed by atoms with E-state index in [2.05, 4.69) is 0 Å². The number of Topliss-reactive ketones (excluding diaryl/α,β-unsaturated/α-hetero) is 1. The van der Waals surface area contributed by atoms with E-state index in [0.717, 1.165) is 0 Å². The Balaban J connectivity index is 2.17. The molecule has 1 atom stereocenters. The van der Waals surface area contributed by atoms with Crippen LogP contribution in [-0.2, 0) is 9.59 Å². The third kappa shape index (κ3) is 4.98. The van der Waals surface area contributed by atoms with E-state index >= 15 is 0 Å². The highest BCUT2D eigenvalue weighted by Crippen LogP contribution is 2.42. The van der Waals surface area contributed by atoms with Gasteiger partial charge in [0.15, 0.2) is 11.5 Å². The minimum atomic E-state index is -0.815. The lowest BCUT2D eigenvalue weighted by Crippen LogP contribution is -2.35. The van der Waals surface area contributed by atoms with Crippen molar-refractivity contribution in [2.75, 3.05) is 48.0 Å². The van der Waals surface area contributed by atoms with Gasteiger partial charge in [0.05, 0.1) is 37.5 Å². The fourth-order valence-electron chi connectivity index (χ4n) is 3.86. The number of likely N-dealkylation sites (tertiary alicyclic amines) is 1. The summed E-state index contributed by atoms with van der Waals surface area (Å²) in [5.74, 6) is -0.336. The van der Waals surface area contributed by atoms with Crippen molar-refractivity contribution >= 4 is 29.1 Å². The van der Waals surface area contributed by atoms with Crippen molar-refractivity contribution in [1.29, 1.82) is 0 Å². The number of benzene rings is 2. The van der Waals surface area contributed by atoms with Crippen LogP contribution in [-0.4, -0.2) is 74.6 Å². The molecule has 1 aliphatic rings. The summed E-state index contributed by atoms with van der Waals surface area (Å²) in [7, 11) is 6.79. The van der Waals surface area contributed by atoms with Gasteiger partial charge in [-0.15, -0.1) is 0 Å². The number of hydrogen-bond acceptors (Lipinski definition) is 7. The number of carbonyl (C=O) groups is 2. The van der Waals surface area contributed by atoms with E-state index < -0.39 is 17.7 Å². The van der Waals surface area contributed by atoms with Gasteiger partial charge in [0.1, 0.15) is 11.5 Å². The van der Waals surface area contributed by atoms with Gasteiger partial charge in [-0.3, -0.25) is 9.59 Å². The molecule has 34 heavy (non-hydrogen) atoms. The van der Waals surface area contributed by atoms with E-state index in [1.54, 1.807) is 30.3 Å². The van der Waals surface area contributed by atoms with Crippen molar-refractivity contribution in [3.8, 4) is 17.2 Å². The SMILES string of the molecule is CCOc1ccc(C(O)=C2C(=O)C(=O)N(CCN(C)C)[C@H]2c2ccc(OC)c(OC)c2)cc1Cl. The Kier molecular flexibility index (Phi) is 8.06. The number of aliphatic hydroxyl groups excluding tert-OH is 1. The van der Waals surface area contributed by atoms with Crippen molar-refractivity contribution in [1.82, 2.24) is 9.80 Å². The summed E-state index contributed by atoms with van der Waals surface area (Å²) >= 11 is 6.31. The molecule has 2 aromatic carbocycles. The molecule has 0 radical (unpaired) electrons. The molecule has 9 heteroatoms. The van der Waals surface area contributed by atoms with Gasteiger partial charge in [-0.1, -0.05) is 17.7 Å². The maximum atomic E-state index is 13.2. The number of carbonyl (C=O) groups excluding carboxylic acids is 2. The van der Waals surface area contributed by atoms with Crippen molar-refractivity contribution in [3.63, 3.8) is 0 Å². The lowest BCUT2D eigenvalue weighted by molar-refractivity contribution is -0.140. The van der Waals surface area contributed by atoms with E-state index in [1.165, 1.54) is 25.2 Å². The smallest absolute Gasteiger partial charge is 0.295 e. The first-order chi connectivity index (χ1) is 16.2. The second kappa shape index (κ2) is 10.8. The number of likely N-dealkylation sites (N-methyl/N-ethyl adjacent to an activating group) is 1. The van der Waals surface area contributed by atoms with Gasteiger partial charge in [0, 0.05) is 18.7 Å². The molecule has 0 unspecified atom stereocenters. The molecule has 0 aliphatic carbocycles. The first-order valence-electron chi connectivity index (χ1n) is 10.8. The summed E-state index contributed by atoms with van der Waals surface area (Å²) in [6.45, 7) is 3.09. The van der Waals surface area contributed by atoms with Gasteiger partial charge in [-0.05, 0) is 56.9 Å². The van der Waals surface area contributed by atoms with E-state index in [4.69, 9.17) is 25.8 Å². The molecule has 0 bridgehead atoms. The Morgan fingerprint density at radius 2 is 1.74 bits per heavy atom. The quantitative estimate of drug-likeness (QED) is 0.327. The first-order valence-corrected chi connectivity index (χ1v) is 11.2. The number of amides is 1. The molecule has 1 saturated heterocycles. The Morgan fingerprint density at radius 3 is 2.32 bits per heavy atom. The zero-order valence-corrected chi connectivity index (χ0v) is 20.7. The van der Waals surface area contributed by atoms with Crippen LogP contribution in [0.25, 0.3) is 5.76 Å². The van der Waals surface area contributed by atoms with Gasteiger partial charge < -0.3 is 29.1 Å². The summed E-state index contributed by atoms with van der Waals surface area (Å²) in [6, 6.07) is 9.08. The molecule has 3 rings (SSSR count). The van der Waals surface area contributed by atoms with E-state index in [0.29, 0.717) is 41.5 Å². The lowest BCUT2D eigenvalue weighted by Gasteiger charge is -2.27. The number of ether oxygens (including phenoxy) is 3. The van der Waals surface area contributed by atoms with E-state index in [1.807, 2.05) is 25.9 Å². The van der Waals surface area contributed by atoms with Gasteiger partial charge in [0.25, 0.3) is 11.7 Å². The van der Waals surface area contributed by atoms with Crippen LogP contribution in [0.2, 0.25) is 5.02 Å². The highest BCUT2D eigenvalue weighted by atomic mass is 35.5. The molecule has 1 aliphatic heterocycles. The number of halogens is 1. The Bertz CT molecular complexity index is 1110. The van der Waals surface area contributed by atoms with Crippen LogP contribution in [0.4, 0.5) is 0 Å². The Morgan fingerprint density at radius 1 is 1.06 bits per heavy atom. The van der Waals surface area contributed by atoms with Gasteiger partial charge >= 0.3 is 0 Å². The number of ketones is 1. The number of hydrogen-bond donors (Lipinski definition) is 1. The third-order valence-electron chi connectivity index (χ3n) is 5.56. The van der Waals surface area contributed by atoms with Crippen molar-refractivity contribution in [2.45, 2.75) is 13.0 Å². The average molecular weight is 489 g/mol. The van der Waals surface area contributed by atoms with Crippen LogP contribution in [0.3, 0.4) is 0 Å². The minimum Gasteiger partial charge on any atom is -0.507 e. The highest BCUT2D eigenvalue weighted by molar-refractivity contribution is 6.46. The van der Waals surface area contributed by atoms with Crippen LogP contribution >= 0.6 is 11.6 Å². The zero-order chi connectivity index (χ0) is 25.0. The molecule has 0 aromatic heterocycles. The molecule has 0 saturated carbocycles. The van der Waals surface area contributed by atoms with Crippen LogP contribution < -0.4 is 14.2 Å². The molecule has 1 fully saturated rings. The number of aliphatic hydroxyl groups is 1. The first kappa shape index (κ1) is 25.4. The predicted octanol–water partition coefficient (Wildman–Crippen LogP) is 3.74. The van der Waals surface area contributed by atoms with Gasteiger partial charge in [0.2, 0.25) is 0 Å². The standard InChI is InChI=1S/C25H29ClN2O6/c1-6-34-18-9-8-16(13-17(18)26)23(29)21-22(15-7-10-19(32-4)20(14-15)33-5)28(12-11-27(2)3)25(31)24(21)30/h7-10,13-14,22,29H,6,11-12H2,1-5H3/t22-/m0/s1. The fourth-order valence-corrected chi connectivity index (χ4v) is 4.10. The van der Waals surface area contributed by atoms with Crippen molar-refractivity contribution in [2.24, 2.45) is 0 Å². The number of methoxy groups -OCH3 is 2. The van der Waals surface area contributed by atoms with Crippen LogP contribution in [0.15, 0.2) is 42.0 Å². The molecule has 1 N–H and O–H groups in total. The number of nitrogens with zero attached hydrogens (tertiary/aromatic N) is 2.